The number of carboxylic acid groups (broad SMARTS) is 1. The summed E-state index contributed by atoms with van der Waals surface area (Å²) in [7, 11) is 1.33. The van der Waals surface area contributed by atoms with E-state index in [4.69, 9.17) is 15.5 Å². The predicted octanol–water partition coefficient (Wildman–Crippen LogP) is -0.179. The normalized spacial score (nSPS) is 19.4. The van der Waals surface area contributed by atoms with Crippen LogP contribution >= 0.6 is 0 Å². The average Bonchev–Trinajstić information content (AvgIpc) is 2.71. The van der Waals surface area contributed by atoms with Crippen molar-refractivity contribution < 1.29 is 14.6 Å². The highest BCUT2D eigenvalue weighted by atomic mass is 16.4. The van der Waals surface area contributed by atoms with Gasteiger partial charge in [-0.15, -0.1) is 0 Å². The molecule has 0 aromatic carbocycles. The molecule has 5 heteroatoms. The van der Waals surface area contributed by atoms with Crippen molar-refractivity contribution in [2.75, 3.05) is 6.73 Å². The van der Waals surface area contributed by atoms with Crippen LogP contribution in [0.1, 0.15) is 12.8 Å². The van der Waals surface area contributed by atoms with E-state index in [2.05, 4.69) is 0 Å². The summed E-state index contributed by atoms with van der Waals surface area (Å²) in [4.78, 5) is 10.5. The highest BCUT2D eigenvalue weighted by Crippen LogP contribution is 2.40. The molecule has 1 unspecified atom stereocenters. The lowest BCUT2D eigenvalue weighted by molar-refractivity contribution is -0.137. The Balaban J connectivity index is 2.26. The minimum atomic E-state index is -0.819. The summed E-state index contributed by atoms with van der Waals surface area (Å²) in [5.41, 5.74) is 5.05. The van der Waals surface area contributed by atoms with Crippen molar-refractivity contribution in [3.63, 3.8) is 0 Å². The lowest BCUT2D eigenvalue weighted by atomic mass is 9.76. The summed E-state index contributed by atoms with van der Waals surface area (Å²) >= 11 is 0. The zero-order chi connectivity index (χ0) is 8.27. The number of rotatable bonds is 5. The fraction of sp³-hybridized carbons (Fsp3) is 0.833. The maximum absolute atomic E-state index is 10.5. The summed E-state index contributed by atoms with van der Waals surface area (Å²) in [6.07, 6.45) is 1.97. The molecule has 1 radical (unpaired) electrons. The van der Waals surface area contributed by atoms with E-state index in [1.807, 2.05) is 0 Å². The van der Waals surface area contributed by atoms with Gasteiger partial charge in [-0.25, -0.2) is 0 Å². The van der Waals surface area contributed by atoms with Crippen LogP contribution < -0.4 is 5.73 Å². The van der Waals surface area contributed by atoms with Crippen LogP contribution in [0.5, 0.6) is 0 Å². The Morgan fingerprint density at radius 2 is 2.45 bits per heavy atom. The topological polar surface area (TPSA) is 72.5 Å². The fourth-order valence-electron chi connectivity index (χ4n) is 0.986. The van der Waals surface area contributed by atoms with Gasteiger partial charge in [-0.05, 0) is 18.8 Å². The summed E-state index contributed by atoms with van der Waals surface area (Å²) in [5, 5.41) is 8.66. The first kappa shape index (κ1) is 8.55. The van der Waals surface area contributed by atoms with Gasteiger partial charge in [-0.1, -0.05) is 0 Å². The van der Waals surface area contributed by atoms with E-state index in [1.54, 1.807) is 0 Å². The molecule has 0 aromatic rings. The highest BCUT2D eigenvalue weighted by Gasteiger charge is 2.37. The maximum atomic E-state index is 10.5. The molecular formula is C6H11BNO3. The van der Waals surface area contributed by atoms with Crippen molar-refractivity contribution in [1.82, 2.24) is 0 Å². The second-order valence-corrected chi connectivity index (χ2v) is 2.67. The molecule has 3 N–H and O–H groups in total. The third-order valence-electron chi connectivity index (χ3n) is 1.75. The smallest absolute Gasteiger partial charge is 0.309 e. The van der Waals surface area contributed by atoms with Crippen molar-refractivity contribution in [3.05, 3.63) is 0 Å². The highest BCUT2D eigenvalue weighted by molar-refractivity contribution is 6.36. The van der Waals surface area contributed by atoms with E-state index in [-0.39, 0.29) is 12.6 Å². The van der Waals surface area contributed by atoms with E-state index in [1.165, 1.54) is 7.48 Å². The molecular weight excluding hydrogens is 145 g/mol. The molecule has 1 aliphatic carbocycles. The van der Waals surface area contributed by atoms with Crippen molar-refractivity contribution in [2.24, 2.45) is 11.7 Å². The van der Waals surface area contributed by atoms with Gasteiger partial charge in [0, 0.05) is 0 Å². The van der Waals surface area contributed by atoms with Gasteiger partial charge < -0.3 is 15.5 Å². The molecule has 1 fully saturated rings. The van der Waals surface area contributed by atoms with Gasteiger partial charge in [-0.2, -0.15) is 0 Å². The summed E-state index contributed by atoms with van der Waals surface area (Å²) in [6, 6.07) is 0. The molecule has 0 amide bonds. The first-order valence-corrected chi connectivity index (χ1v) is 3.63. The first-order chi connectivity index (χ1) is 5.25. The third-order valence-corrected chi connectivity index (χ3v) is 1.75. The van der Waals surface area contributed by atoms with Gasteiger partial charge in [0.1, 0.15) is 0 Å². The van der Waals surface area contributed by atoms with E-state index < -0.39 is 11.8 Å². The first-order valence-electron chi connectivity index (χ1n) is 3.63. The number of aliphatic carboxylic acids is 1. The molecule has 1 rings (SSSR count). The number of hydrogen-bond donors (Lipinski definition) is 2. The van der Waals surface area contributed by atoms with Gasteiger partial charge in [-0.3, -0.25) is 4.79 Å². The number of nitrogens with two attached hydrogens (primary N) is 1. The molecule has 11 heavy (non-hydrogen) atoms. The van der Waals surface area contributed by atoms with Crippen LogP contribution in [0.2, 0.25) is 5.82 Å². The lowest BCUT2D eigenvalue weighted by Gasteiger charge is -2.07. The van der Waals surface area contributed by atoms with E-state index in [0.29, 0.717) is 0 Å². The maximum Gasteiger partial charge on any atom is 0.309 e. The molecule has 1 aliphatic rings. The van der Waals surface area contributed by atoms with Crippen molar-refractivity contribution in [2.45, 2.75) is 18.7 Å². The SMILES string of the molecule is NCO[B]C(C(=O)O)C1CC1. The van der Waals surface area contributed by atoms with Crippen LogP contribution in [0, 0.1) is 5.92 Å². The Labute approximate surface area is 66.0 Å². The molecule has 0 saturated heterocycles. The predicted molar refractivity (Wildman–Crippen MR) is 40.0 cm³/mol. The van der Waals surface area contributed by atoms with Crippen LogP contribution in [-0.2, 0) is 9.45 Å². The molecule has 61 valence electrons. The zero-order valence-electron chi connectivity index (χ0n) is 6.19. The Morgan fingerprint density at radius 3 is 2.82 bits per heavy atom. The van der Waals surface area contributed by atoms with Gasteiger partial charge in [0.25, 0.3) is 0 Å². The molecule has 0 bridgehead atoms. The van der Waals surface area contributed by atoms with Crippen LogP contribution in [0.4, 0.5) is 0 Å². The van der Waals surface area contributed by atoms with Gasteiger partial charge in [0.15, 0.2) is 0 Å². The molecule has 4 nitrogen and oxygen atoms in total. The Bertz CT molecular complexity index is 149. The molecule has 1 saturated carbocycles. The zero-order valence-corrected chi connectivity index (χ0v) is 6.19. The number of carboxylic acids is 1. The molecule has 0 aromatic heterocycles. The second-order valence-electron chi connectivity index (χ2n) is 2.67. The van der Waals surface area contributed by atoms with Gasteiger partial charge in [0.05, 0.1) is 12.5 Å². The number of hydrogen-bond acceptors (Lipinski definition) is 3. The minimum absolute atomic E-state index is 0.0521. The Kier molecular flexibility index (Phi) is 2.90. The molecule has 0 aliphatic heterocycles. The Morgan fingerprint density at radius 1 is 1.82 bits per heavy atom. The fourth-order valence-corrected chi connectivity index (χ4v) is 0.986. The van der Waals surface area contributed by atoms with Crippen LogP contribution in [-0.4, -0.2) is 25.3 Å². The monoisotopic (exact) mass is 156 g/mol. The third kappa shape index (κ3) is 2.51. The second kappa shape index (κ2) is 3.73. The summed E-state index contributed by atoms with van der Waals surface area (Å²) < 4.78 is 4.73. The van der Waals surface area contributed by atoms with Crippen LogP contribution in [0.3, 0.4) is 0 Å². The van der Waals surface area contributed by atoms with Crippen molar-refractivity contribution in [1.29, 1.82) is 0 Å². The average molecular weight is 156 g/mol. The van der Waals surface area contributed by atoms with E-state index in [0.717, 1.165) is 12.8 Å². The largest absolute Gasteiger partial charge is 0.481 e. The van der Waals surface area contributed by atoms with Gasteiger partial charge in [0.2, 0.25) is 0 Å². The summed E-state index contributed by atoms with van der Waals surface area (Å²) in [5.74, 6) is -1.00. The van der Waals surface area contributed by atoms with Crippen LogP contribution in [0.15, 0.2) is 0 Å². The number of carbonyl (C=O) groups is 1. The molecule has 0 spiro atoms. The molecule has 1 atom stereocenters. The lowest BCUT2D eigenvalue weighted by Crippen LogP contribution is -2.21. The molecule has 0 heterocycles. The van der Waals surface area contributed by atoms with Crippen molar-refractivity contribution >= 4 is 13.5 Å². The summed E-state index contributed by atoms with van der Waals surface area (Å²) in [6.45, 7) is 0.0521. The van der Waals surface area contributed by atoms with E-state index >= 15 is 0 Å². The standard InChI is InChI=1S/C6H11BNO3/c8-3-11-7-5(6(9)10)4-1-2-4/h4-5H,1-3,8H2,(H,9,10). The van der Waals surface area contributed by atoms with Gasteiger partial charge >= 0.3 is 13.5 Å². The minimum Gasteiger partial charge on any atom is -0.481 e. The Hall–Kier alpha value is -0.545. The van der Waals surface area contributed by atoms with Crippen molar-refractivity contribution in [3.8, 4) is 0 Å². The van der Waals surface area contributed by atoms with Crippen LogP contribution in [0.25, 0.3) is 0 Å². The quantitative estimate of drug-likeness (QED) is 0.427. The van der Waals surface area contributed by atoms with E-state index in [9.17, 15) is 4.79 Å².